The average molecular weight is 424 g/mol. The minimum Gasteiger partial charge on any atom is -0.465 e. The van der Waals surface area contributed by atoms with Gasteiger partial charge < -0.3 is 19.7 Å². The molecular formula is C19H18F2N2O5S. The molecule has 1 N–H and O–H groups in total. The molecule has 0 saturated carbocycles. The topological polar surface area (TPSA) is 84.9 Å². The molecule has 7 nitrogen and oxygen atoms in total. The molecule has 10 heteroatoms. The zero-order chi connectivity index (χ0) is 21.1. The molecule has 1 aromatic heterocycles. The number of anilines is 1. The van der Waals surface area contributed by atoms with Gasteiger partial charge in [0.1, 0.15) is 16.6 Å². The third-order valence-electron chi connectivity index (χ3n) is 4.38. The van der Waals surface area contributed by atoms with Crippen LogP contribution in [-0.4, -0.2) is 43.1 Å². The van der Waals surface area contributed by atoms with Gasteiger partial charge in [-0.3, -0.25) is 4.79 Å². The number of nitrogens with one attached hydrogen (secondary N) is 1. The van der Waals surface area contributed by atoms with Gasteiger partial charge in [-0.15, -0.1) is 11.3 Å². The van der Waals surface area contributed by atoms with Crippen molar-refractivity contribution in [2.24, 2.45) is 0 Å². The number of hydrogen-bond acceptors (Lipinski definition) is 6. The van der Waals surface area contributed by atoms with Crippen molar-refractivity contribution < 1.29 is 32.6 Å². The van der Waals surface area contributed by atoms with E-state index in [1.807, 2.05) is 0 Å². The number of rotatable bonds is 4. The summed E-state index contributed by atoms with van der Waals surface area (Å²) in [6, 6.07) is 2.59. The second kappa shape index (κ2) is 8.56. The molecule has 3 rings (SSSR count). The van der Waals surface area contributed by atoms with Gasteiger partial charge in [-0.25, -0.2) is 18.4 Å². The fourth-order valence-corrected chi connectivity index (χ4v) is 4.27. The molecule has 0 aliphatic carbocycles. The summed E-state index contributed by atoms with van der Waals surface area (Å²) in [7, 11) is 1.21. The average Bonchev–Trinajstić information content (AvgIpc) is 3.04. The summed E-state index contributed by atoms with van der Waals surface area (Å²) in [6.07, 6.45) is -0.0966. The summed E-state index contributed by atoms with van der Waals surface area (Å²) < 4.78 is 36.8. The van der Waals surface area contributed by atoms with E-state index in [1.165, 1.54) is 12.0 Å². The molecule has 1 aliphatic rings. The van der Waals surface area contributed by atoms with Gasteiger partial charge in [0.05, 0.1) is 31.4 Å². The van der Waals surface area contributed by atoms with Gasteiger partial charge >= 0.3 is 12.1 Å². The molecule has 0 bridgehead atoms. The second-order valence-electron chi connectivity index (χ2n) is 6.15. The third-order valence-corrected chi connectivity index (χ3v) is 5.51. The van der Waals surface area contributed by atoms with Crippen molar-refractivity contribution in [3.8, 4) is 0 Å². The summed E-state index contributed by atoms with van der Waals surface area (Å²) in [5.74, 6) is -3.30. The van der Waals surface area contributed by atoms with E-state index >= 15 is 0 Å². The smallest absolute Gasteiger partial charge is 0.410 e. The lowest BCUT2D eigenvalue weighted by Gasteiger charge is -2.26. The molecule has 0 unspecified atom stereocenters. The van der Waals surface area contributed by atoms with Crippen molar-refractivity contribution in [1.82, 2.24) is 4.90 Å². The van der Waals surface area contributed by atoms with E-state index in [0.717, 1.165) is 23.5 Å². The van der Waals surface area contributed by atoms with E-state index in [-0.39, 0.29) is 29.3 Å². The first-order chi connectivity index (χ1) is 13.8. The molecule has 2 aromatic rings. The molecule has 29 heavy (non-hydrogen) atoms. The molecule has 2 amide bonds. The van der Waals surface area contributed by atoms with Crippen molar-refractivity contribution in [3.05, 3.63) is 51.4 Å². The number of methoxy groups -OCH3 is 1. The highest BCUT2D eigenvalue weighted by atomic mass is 32.1. The first kappa shape index (κ1) is 20.7. The molecule has 1 aromatic carbocycles. The Labute approximate surface area is 169 Å². The number of carbonyl (C=O) groups excluding carboxylic acids is 3. The third kappa shape index (κ3) is 4.21. The molecule has 0 saturated heterocycles. The number of esters is 1. The maximum atomic E-state index is 13.9. The Morgan fingerprint density at radius 1 is 1.28 bits per heavy atom. The zero-order valence-corrected chi connectivity index (χ0v) is 16.5. The van der Waals surface area contributed by atoms with Gasteiger partial charge in [0.2, 0.25) is 0 Å². The first-order valence-electron chi connectivity index (χ1n) is 8.76. The number of amides is 2. The highest BCUT2D eigenvalue weighted by Gasteiger charge is 2.31. The van der Waals surface area contributed by atoms with Crippen molar-refractivity contribution in [2.75, 3.05) is 25.6 Å². The van der Waals surface area contributed by atoms with Crippen LogP contribution >= 0.6 is 11.3 Å². The Morgan fingerprint density at radius 2 is 2.03 bits per heavy atom. The number of thiophene rings is 1. The van der Waals surface area contributed by atoms with Crippen LogP contribution in [0.4, 0.5) is 18.6 Å². The fourth-order valence-electron chi connectivity index (χ4n) is 3.02. The SMILES string of the molecule is CCOC(=O)N1CCc2c(sc(NC(=O)c3ccc(F)cc3F)c2C(=O)OC)C1. The van der Waals surface area contributed by atoms with Crippen LogP contribution < -0.4 is 5.32 Å². The number of hydrogen-bond donors (Lipinski definition) is 1. The Balaban J connectivity index is 1.92. The Kier molecular flexibility index (Phi) is 6.12. The Hall–Kier alpha value is -3.01. The first-order valence-corrected chi connectivity index (χ1v) is 9.58. The van der Waals surface area contributed by atoms with E-state index in [4.69, 9.17) is 9.47 Å². The molecule has 2 heterocycles. The van der Waals surface area contributed by atoms with Gasteiger partial charge in [-0.05, 0) is 31.0 Å². The predicted octanol–water partition coefficient (Wildman–Crippen LogP) is 3.58. The maximum absolute atomic E-state index is 13.9. The highest BCUT2D eigenvalue weighted by molar-refractivity contribution is 7.17. The maximum Gasteiger partial charge on any atom is 0.410 e. The van der Waals surface area contributed by atoms with Crippen LogP contribution in [0.5, 0.6) is 0 Å². The summed E-state index contributed by atoms with van der Waals surface area (Å²) in [6.45, 7) is 2.50. The largest absolute Gasteiger partial charge is 0.465 e. The van der Waals surface area contributed by atoms with E-state index in [0.29, 0.717) is 29.5 Å². The predicted molar refractivity (Wildman–Crippen MR) is 101 cm³/mol. The number of halogens is 2. The van der Waals surface area contributed by atoms with Gasteiger partial charge in [-0.2, -0.15) is 0 Å². The van der Waals surface area contributed by atoms with E-state index in [1.54, 1.807) is 6.92 Å². The second-order valence-corrected chi connectivity index (χ2v) is 7.25. The van der Waals surface area contributed by atoms with Crippen molar-refractivity contribution in [3.63, 3.8) is 0 Å². The summed E-state index contributed by atoms with van der Waals surface area (Å²) in [5, 5.41) is 2.69. The summed E-state index contributed by atoms with van der Waals surface area (Å²) >= 11 is 1.10. The van der Waals surface area contributed by atoms with Gasteiger partial charge in [-0.1, -0.05) is 0 Å². The Bertz CT molecular complexity index is 976. The summed E-state index contributed by atoms with van der Waals surface area (Å²) in [4.78, 5) is 39.0. The molecule has 0 spiro atoms. The molecule has 1 aliphatic heterocycles. The number of carbonyl (C=O) groups is 3. The van der Waals surface area contributed by atoms with Crippen LogP contribution in [0.15, 0.2) is 18.2 Å². The van der Waals surface area contributed by atoms with E-state index in [2.05, 4.69) is 5.32 Å². The lowest BCUT2D eigenvalue weighted by Crippen LogP contribution is -2.36. The summed E-state index contributed by atoms with van der Waals surface area (Å²) in [5.41, 5.74) is 0.478. The number of fused-ring (bicyclic) bond motifs is 1. The number of ether oxygens (including phenoxy) is 2. The minimum absolute atomic E-state index is 0.173. The van der Waals surface area contributed by atoms with Crippen LogP contribution in [-0.2, 0) is 22.4 Å². The highest BCUT2D eigenvalue weighted by Crippen LogP contribution is 2.38. The van der Waals surface area contributed by atoms with Gasteiger partial charge in [0.25, 0.3) is 5.91 Å². The van der Waals surface area contributed by atoms with Crippen LogP contribution in [0.2, 0.25) is 0 Å². The van der Waals surface area contributed by atoms with Gasteiger partial charge in [0, 0.05) is 17.5 Å². The zero-order valence-electron chi connectivity index (χ0n) is 15.7. The normalized spacial score (nSPS) is 12.9. The van der Waals surface area contributed by atoms with E-state index in [9.17, 15) is 23.2 Å². The lowest BCUT2D eigenvalue weighted by atomic mass is 10.0. The molecule has 0 radical (unpaired) electrons. The quantitative estimate of drug-likeness (QED) is 0.759. The van der Waals surface area contributed by atoms with Gasteiger partial charge in [0.15, 0.2) is 0 Å². The molecule has 0 atom stereocenters. The fraction of sp³-hybridized carbons (Fsp3) is 0.316. The standard InChI is InChI=1S/C19H18F2N2O5S/c1-3-28-19(26)23-7-6-12-14(9-23)29-17(15(12)18(25)27-2)22-16(24)11-5-4-10(20)8-13(11)21/h4-5,8H,3,6-7,9H2,1-2H3,(H,22,24). The van der Waals surface area contributed by atoms with Crippen molar-refractivity contribution >= 4 is 34.3 Å². The van der Waals surface area contributed by atoms with Crippen LogP contribution in [0.1, 0.15) is 38.1 Å². The number of nitrogens with zero attached hydrogens (tertiary/aromatic N) is 1. The molecule has 154 valence electrons. The van der Waals surface area contributed by atoms with Crippen LogP contribution in [0.25, 0.3) is 0 Å². The van der Waals surface area contributed by atoms with Crippen LogP contribution in [0, 0.1) is 11.6 Å². The lowest BCUT2D eigenvalue weighted by molar-refractivity contribution is 0.0600. The monoisotopic (exact) mass is 424 g/mol. The van der Waals surface area contributed by atoms with Crippen LogP contribution in [0.3, 0.4) is 0 Å². The minimum atomic E-state index is -1.02. The molecular weight excluding hydrogens is 406 g/mol. The Morgan fingerprint density at radius 3 is 2.69 bits per heavy atom. The molecule has 0 fully saturated rings. The van der Waals surface area contributed by atoms with E-state index < -0.39 is 29.6 Å². The van der Waals surface area contributed by atoms with Crippen molar-refractivity contribution in [1.29, 1.82) is 0 Å². The van der Waals surface area contributed by atoms with Crippen molar-refractivity contribution in [2.45, 2.75) is 19.9 Å². The number of benzene rings is 1.